The zero-order valence-corrected chi connectivity index (χ0v) is 22.7. The Morgan fingerprint density at radius 1 is 0.531 bits per heavy atom. The van der Waals surface area contributed by atoms with Crippen LogP contribution in [-0.4, -0.2) is 9.52 Å². The Bertz CT molecular complexity index is 1340. The van der Waals surface area contributed by atoms with E-state index in [2.05, 4.69) is 124 Å². The molecule has 6 rings (SSSR count). The molecule has 0 spiro atoms. The first kappa shape index (κ1) is 24.4. The molecule has 0 bridgehead atoms. The second-order valence-corrected chi connectivity index (χ2v) is 9.14. The molecule has 0 aliphatic carbocycles. The second-order valence-electron chi connectivity index (χ2n) is 8.14. The van der Waals surface area contributed by atoms with Gasteiger partial charge in [0, 0.05) is 9.52 Å². The molecule has 0 saturated carbocycles. The van der Waals surface area contributed by atoms with Gasteiger partial charge in [-0.05, 0) is 10.8 Å². The summed E-state index contributed by atoms with van der Waals surface area (Å²) in [5.74, 6) is 0. The quantitative estimate of drug-likeness (QED) is 0.142. The first-order valence-corrected chi connectivity index (χ1v) is 12.8. The van der Waals surface area contributed by atoms with Crippen LogP contribution in [0.15, 0.2) is 97.1 Å². The predicted molar refractivity (Wildman–Crippen MR) is 141 cm³/mol. The van der Waals surface area contributed by atoms with Gasteiger partial charge >= 0.3 is 26.2 Å². The molecule has 2 radical (unpaired) electrons. The van der Waals surface area contributed by atoms with Crippen LogP contribution in [0.1, 0.15) is 11.1 Å². The first-order valence-electron chi connectivity index (χ1n) is 10.8. The molecule has 0 aromatic heterocycles. The van der Waals surface area contributed by atoms with E-state index in [0.29, 0.717) is 0 Å². The van der Waals surface area contributed by atoms with E-state index in [1.54, 1.807) is 0 Å². The summed E-state index contributed by atoms with van der Waals surface area (Å²) in [4.78, 5) is 0. The third-order valence-corrected chi connectivity index (χ3v) is 5.52. The molecule has 32 heavy (non-hydrogen) atoms. The summed E-state index contributed by atoms with van der Waals surface area (Å²) in [5, 5.41) is 10.8. The van der Waals surface area contributed by atoms with Crippen LogP contribution < -0.4 is 0 Å². The summed E-state index contributed by atoms with van der Waals surface area (Å²) < 4.78 is 0. The summed E-state index contributed by atoms with van der Waals surface area (Å²) in [6, 6.07) is 34.9. The molecule has 0 unspecified atom stereocenters. The van der Waals surface area contributed by atoms with Crippen molar-refractivity contribution in [1.29, 1.82) is 0 Å². The fraction of sp³-hybridized carbons (Fsp3) is 0.133. The van der Waals surface area contributed by atoms with Gasteiger partial charge in [0.15, 0.2) is 0 Å². The van der Waals surface area contributed by atoms with E-state index in [4.69, 9.17) is 0 Å². The van der Waals surface area contributed by atoms with Crippen LogP contribution in [0.4, 0.5) is 0 Å². The fourth-order valence-corrected chi connectivity index (χ4v) is 4.23. The van der Waals surface area contributed by atoms with Crippen LogP contribution in [-0.2, 0) is 26.2 Å². The SMILES string of the molecule is C[Si]C.Cc1cc2c(ccc3ccccc32)[cH-]1.Cc1cc2c(ccc3ccccc32)[cH-]1.[Zr+2]. The van der Waals surface area contributed by atoms with E-state index in [1.165, 1.54) is 54.2 Å². The molecule has 0 fully saturated rings. The maximum absolute atomic E-state index is 2.26. The molecule has 0 aliphatic rings. The molecule has 2 heteroatoms. The van der Waals surface area contributed by atoms with Gasteiger partial charge in [0.2, 0.25) is 0 Å². The van der Waals surface area contributed by atoms with Gasteiger partial charge < -0.3 is 0 Å². The number of aryl methyl sites for hydroxylation is 2. The Morgan fingerprint density at radius 2 is 0.906 bits per heavy atom. The maximum atomic E-state index is 2.26. The predicted octanol–water partition coefficient (Wildman–Crippen LogP) is 8.82. The monoisotopic (exact) mass is 506 g/mol. The summed E-state index contributed by atoms with van der Waals surface area (Å²) in [6.45, 7) is 8.60. The molecule has 156 valence electrons. The largest absolute Gasteiger partial charge is 2.00 e. The molecule has 6 aromatic rings. The van der Waals surface area contributed by atoms with Crippen molar-refractivity contribution < 1.29 is 26.2 Å². The normalized spacial score (nSPS) is 10.4. The number of rotatable bonds is 0. The molecule has 0 atom stereocenters. The van der Waals surface area contributed by atoms with Gasteiger partial charge in [0.25, 0.3) is 0 Å². The Kier molecular flexibility index (Phi) is 8.40. The summed E-state index contributed by atoms with van der Waals surface area (Å²) >= 11 is 0. The summed E-state index contributed by atoms with van der Waals surface area (Å²) in [6.07, 6.45) is 0. The Labute approximate surface area is 212 Å². The van der Waals surface area contributed by atoms with Crippen molar-refractivity contribution in [2.45, 2.75) is 26.9 Å². The third kappa shape index (κ3) is 5.20. The summed E-state index contributed by atoms with van der Waals surface area (Å²) in [7, 11) is 1.08. The van der Waals surface area contributed by atoms with Crippen LogP contribution >= 0.6 is 0 Å². The minimum Gasteiger partial charge on any atom is -0.165 e. The number of benzene rings is 4. The fourth-order valence-electron chi connectivity index (χ4n) is 4.23. The van der Waals surface area contributed by atoms with E-state index in [0.717, 1.165) is 9.52 Å². The molecule has 6 aromatic carbocycles. The van der Waals surface area contributed by atoms with Crippen molar-refractivity contribution in [1.82, 2.24) is 0 Å². The number of hydrogen-bond acceptors (Lipinski definition) is 0. The first-order chi connectivity index (χ1) is 15.1. The van der Waals surface area contributed by atoms with Gasteiger partial charge in [-0.2, -0.15) is 12.1 Å². The Morgan fingerprint density at radius 3 is 1.31 bits per heavy atom. The van der Waals surface area contributed by atoms with Crippen LogP contribution in [0.25, 0.3) is 43.1 Å². The van der Waals surface area contributed by atoms with Crippen molar-refractivity contribution >= 4 is 52.6 Å². The van der Waals surface area contributed by atoms with Gasteiger partial charge in [-0.15, -0.1) is 56.9 Å². The van der Waals surface area contributed by atoms with Gasteiger partial charge in [-0.25, -0.2) is 0 Å². The smallest absolute Gasteiger partial charge is 0.165 e. The topological polar surface area (TPSA) is 0 Å². The van der Waals surface area contributed by atoms with Gasteiger partial charge in [0.1, 0.15) is 0 Å². The molecule has 0 aliphatic heterocycles. The average molecular weight is 508 g/mol. The van der Waals surface area contributed by atoms with E-state index >= 15 is 0 Å². The standard InChI is InChI=1S/2C14H11.C2H6Si.Zr/c2*1-10-8-12-7-6-11-4-2-3-5-13(11)14(12)9-10;1-3-2;/h2*2-9H,1H3;1-2H3;/q2*-1;;+2. The molecule has 0 amide bonds. The van der Waals surface area contributed by atoms with E-state index in [9.17, 15) is 0 Å². The van der Waals surface area contributed by atoms with Crippen molar-refractivity contribution in [3.05, 3.63) is 108 Å². The molecular weight excluding hydrogens is 480 g/mol. The molecule has 0 saturated heterocycles. The second kappa shape index (κ2) is 11.0. The van der Waals surface area contributed by atoms with Crippen LogP contribution in [0, 0.1) is 13.8 Å². The van der Waals surface area contributed by atoms with Gasteiger partial charge in [-0.3, -0.25) is 0 Å². The Balaban J connectivity index is 0.000000157. The number of hydrogen-bond donors (Lipinski definition) is 0. The summed E-state index contributed by atoms with van der Waals surface area (Å²) in [5.41, 5.74) is 2.69. The van der Waals surface area contributed by atoms with E-state index < -0.39 is 0 Å². The van der Waals surface area contributed by atoms with Gasteiger partial charge in [-0.1, -0.05) is 98.4 Å². The average Bonchev–Trinajstić information content (AvgIpc) is 3.36. The van der Waals surface area contributed by atoms with Gasteiger partial charge in [0.05, 0.1) is 0 Å². The maximum Gasteiger partial charge on any atom is 2.00 e. The zero-order chi connectivity index (χ0) is 21.8. The van der Waals surface area contributed by atoms with E-state index in [1.807, 2.05) is 0 Å². The van der Waals surface area contributed by atoms with Crippen molar-refractivity contribution in [2.24, 2.45) is 0 Å². The third-order valence-electron chi connectivity index (χ3n) is 5.52. The number of fused-ring (bicyclic) bond motifs is 6. The zero-order valence-electron chi connectivity index (χ0n) is 19.2. The molecule has 0 nitrogen and oxygen atoms in total. The van der Waals surface area contributed by atoms with Crippen molar-refractivity contribution in [3.8, 4) is 0 Å². The molecule has 0 heterocycles. The van der Waals surface area contributed by atoms with Crippen molar-refractivity contribution in [2.75, 3.05) is 0 Å². The molecular formula is C30H28SiZr. The Hall–Kier alpha value is -2.28. The molecule has 0 N–H and O–H groups in total. The van der Waals surface area contributed by atoms with E-state index in [-0.39, 0.29) is 26.2 Å². The minimum absolute atomic E-state index is 0. The van der Waals surface area contributed by atoms with Crippen LogP contribution in [0.3, 0.4) is 0 Å². The van der Waals surface area contributed by atoms with Crippen molar-refractivity contribution in [3.63, 3.8) is 0 Å². The van der Waals surface area contributed by atoms with Crippen LogP contribution in [0.5, 0.6) is 0 Å². The minimum atomic E-state index is 0. The van der Waals surface area contributed by atoms with Crippen LogP contribution in [0.2, 0.25) is 13.1 Å².